The third kappa shape index (κ3) is 5.39. The van der Waals surface area contributed by atoms with Crippen LogP contribution >= 0.6 is 0 Å². The van der Waals surface area contributed by atoms with Crippen molar-refractivity contribution in [2.75, 3.05) is 6.54 Å². The molecule has 2 N–H and O–H groups in total. The first-order valence-corrected chi connectivity index (χ1v) is 13.1. The number of imidazole rings is 1. The lowest BCUT2D eigenvalue weighted by Crippen LogP contribution is -2.47. The number of carbonyl (C=O) groups is 2. The molecule has 204 valence electrons. The van der Waals surface area contributed by atoms with Gasteiger partial charge < -0.3 is 10.6 Å². The summed E-state index contributed by atoms with van der Waals surface area (Å²) in [6.07, 6.45) is 1.85. The number of hydrogen-bond acceptors (Lipinski definition) is 5. The minimum Gasteiger partial charge on any atom is -0.355 e. The fourth-order valence-corrected chi connectivity index (χ4v) is 5.76. The van der Waals surface area contributed by atoms with Gasteiger partial charge in [0, 0.05) is 31.6 Å². The summed E-state index contributed by atoms with van der Waals surface area (Å²) in [6, 6.07) is 4.81. The number of alkyl halides is 3. The highest BCUT2D eigenvalue weighted by atomic mass is 19.4. The van der Waals surface area contributed by atoms with Crippen molar-refractivity contribution in [3.63, 3.8) is 0 Å². The summed E-state index contributed by atoms with van der Waals surface area (Å²) in [7, 11) is 0. The fraction of sp³-hybridized carbons (Fsp3) is 0.577. The molecule has 0 spiro atoms. The maximum Gasteiger partial charge on any atom is 0.393 e. The number of hydrogen-bond donors (Lipinski definition) is 2. The molecule has 38 heavy (non-hydrogen) atoms. The van der Waals surface area contributed by atoms with Gasteiger partial charge in [-0.3, -0.25) is 14.3 Å². The molecule has 1 saturated heterocycles. The Morgan fingerprint density at radius 3 is 2.76 bits per heavy atom. The second kappa shape index (κ2) is 10.4. The molecule has 5 rings (SSSR count). The van der Waals surface area contributed by atoms with E-state index in [1.54, 1.807) is 39.8 Å². The first-order valence-electron chi connectivity index (χ1n) is 13.1. The number of halogens is 3. The second-order valence-electron chi connectivity index (χ2n) is 10.6. The monoisotopic (exact) mass is 531 g/mol. The molecule has 1 aliphatic carbocycles. The quantitative estimate of drug-likeness (QED) is 0.484. The molecule has 3 aromatic heterocycles. The standard InChI is InChI=1S/C26H32F3N7O2/c1-3-35-21(8-9-31-35)25(38)33-23(16-5-4-15(2)10-16)20-14-36-22(32-20)7-6-19(34-36)12-17-11-18(26(27,28)29)13-30-24(17)37/h6-9,14-18,23H,3-5,10-13H2,1-2H3,(H,30,37)(H,33,38)/t15?,16-,17?,18-,23+/m1/s1. The van der Waals surface area contributed by atoms with E-state index in [0.717, 1.165) is 19.3 Å². The van der Waals surface area contributed by atoms with Crippen molar-refractivity contribution in [3.8, 4) is 0 Å². The van der Waals surface area contributed by atoms with E-state index in [9.17, 15) is 22.8 Å². The SMILES string of the molecule is CCn1nccc1C(=O)N[C@H](c1cn2nc(CC3C[C@@H](C(F)(F)F)CNC3=O)ccc2n1)[C@@H]1CCC(C)C1. The summed E-state index contributed by atoms with van der Waals surface area (Å²) in [4.78, 5) is 30.2. The van der Waals surface area contributed by atoms with Crippen LogP contribution in [-0.4, -0.2) is 48.9 Å². The van der Waals surface area contributed by atoms with Crippen LogP contribution in [0.4, 0.5) is 13.2 Å². The zero-order valence-corrected chi connectivity index (χ0v) is 21.4. The maximum atomic E-state index is 13.2. The fourth-order valence-electron chi connectivity index (χ4n) is 5.76. The van der Waals surface area contributed by atoms with Crippen LogP contribution < -0.4 is 10.6 Å². The van der Waals surface area contributed by atoms with Gasteiger partial charge in [0.15, 0.2) is 5.65 Å². The minimum absolute atomic E-state index is 0.100. The number of aryl methyl sites for hydroxylation is 1. The molecule has 2 unspecified atom stereocenters. The molecule has 2 fully saturated rings. The van der Waals surface area contributed by atoms with Gasteiger partial charge in [-0.15, -0.1) is 0 Å². The van der Waals surface area contributed by atoms with Crippen molar-refractivity contribution in [1.29, 1.82) is 0 Å². The van der Waals surface area contributed by atoms with Crippen molar-refractivity contribution in [2.24, 2.45) is 23.7 Å². The molecule has 2 amide bonds. The van der Waals surface area contributed by atoms with Crippen LogP contribution in [0.5, 0.6) is 0 Å². The van der Waals surface area contributed by atoms with E-state index < -0.39 is 18.0 Å². The zero-order chi connectivity index (χ0) is 27.0. The van der Waals surface area contributed by atoms with Crippen LogP contribution in [0.1, 0.15) is 67.4 Å². The van der Waals surface area contributed by atoms with Gasteiger partial charge in [0.2, 0.25) is 5.91 Å². The molecular weight excluding hydrogens is 499 g/mol. The highest BCUT2D eigenvalue weighted by molar-refractivity contribution is 5.92. The van der Waals surface area contributed by atoms with Gasteiger partial charge >= 0.3 is 6.18 Å². The Morgan fingerprint density at radius 1 is 1.24 bits per heavy atom. The first kappa shape index (κ1) is 26.2. The number of rotatable bonds is 7. The Labute approximate surface area is 218 Å². The van der Waals surface area contributed by atoms with Gasteiger partial charge in [0.05, 0.1) is 29.5 Å². The predicted octanol–water partition coefficient (Wildman–Crippen LogP) is 3.71. The van der Waals surface area contributed by atoms with E-state index in [1.807, 2.05) is 6.92 Å². The Hall–Kier alpha value is -3.44. The largest absolute Gasteiger partial charge is 0.393 e. The molecule has 12 heteroatoms. The molecular formula is C26H32F3N7O2. The van der Waals surface area contributed by atoms with E-state index >= 15 is 0 Å². The molecule has 0 radical (unpaired) electrons. The highest BCUT2D eigenvalue weighted by Gasteiger charge is 2.44. The molecule has 5 atom stereocenters. The lowest BCUT2D eigenvalue weighted by molar-refractivity contribution is -0.183. The summed E-state index contributed by atoms with van der Waals surface area (Å²) in [5.74, 6) is -2.22. The minimum atomic E-state index is -4.35. The Balaban J connectivity index is 1.38. The lowest BCUT2D eigenvalue weighted by atomic mass is 9.86. The van der Waals surface area contributed by atoms with E-state index in [0.29, 0.717) is 35.2 Å². The molecule has 1 saturated carbocycles. The van der Waals surface area contributed by atoms with Gasteiger partial charge in [0.25, 0.3) is 5.91 Å². The third-order valence-corrected chi connectivity index (χ3v) is 7.84. The number of nitrogens with zero attached hydrogens (tertiary/aromatic N) is 5. The van der Waals surface area contributed by atoms with Crippen molar-refractivity contribution < 1.29 is 22.8 Å². The van der Waals surface area contributed by atoms with Crippen LogP contribution in [0.25, 0.3) is 5.65 Å². The normalized spacial score (nSPS) is 24.9. The molecule has 0 bridgehead atoms. The van der Waals surface area contributed by atoms with E-state index in [-0.39, 0.29) is 43.2 Å². The van der Waals surface area contributed by atoms with Crippen LogP contribution in [0.15, 0.2) is 30.6 Å². The van der Waals surface area contributed by atoms with Crippen molar-refractivity contribution in [3.05, 3.63) is 47.7 Å². The summed E-state index contributed by atoms with van der Waals surface area (Å²) >= 11 is 0. The van der Waals surface area contributed by atoms with Crippen LogP contribution in [0.2, 0.25) is 0 Å². The molecule has 2 aliphatic rings. The van der Waals surface area contributed by atoms with Crippen molar-refractivity contribution >= 4 is 17.5 Å². The lowest BCUT2D eigenvalue weighted by Gasteiger charge is -2.30. The number of nitrogens with one attached hydrogen (secondary N) is 2. The molecule has 1 aliphatic heterocycles. The van der Waals surface area contributed by atoms with Crippen LogP contribution in [-0.2, 0) is 17.8 Å². The van der Waals surface area contributed by atoms with Crippen molar-refractivity contribution in [1.82, 2.24) is 35.0 Å². The van der Waals surface area contributed by atoms with E-state index in [4.69, 9.17) is 4.98 Å². The van der Waals surface area contributed by atoms with Gasteiger partial charge in [-0.1, -0.05) is 13.3 Å². The number of piperidine rings is 1. The smallest absolute Gasteiger partial charge is 0.355 e. The van der Waals surface area contributed by atoms with Crippen molar-refractivity contribution in [2.45, 2.75) is 64.7 Å². The molecule has 3 aromatic rings. The maximum absolute atomic E-state index is 13.2. The Morgan fingerprint density at radius 2 is 2.05 bits per heavy atom. The highest BCUT2D eigenvalue weighted by Crippen LogP contribution is 2.39. The van der Waals surface area contributed by atoms with Gasteiger partial charge in [-0.25, -0.2) is 9.50 Å². The van der Waals surface area contributed by atoms with Gasteiger partial charge in [0.1, 0.15) is 5.69 Å². The Bertz CT molecular complexity index is 1320. The number of aromatic nitrogens is 5. The topological polar surface area (TPSA) is 106 Å². The summed E-state index contributed by atoms with van der Waals surface area (Å²) in [5, 5.41) is 14.3. The number of amides is 2. The van der Waals surface area contributed by atoms with E-state index in [2.05, 4.69) is 27.8 Å². The van der Waals surface area contributed by atoms with Crippen LogP contribution in [0, 0.1) is 23.7 Å². The summed E-state index contributed by atoms with van der Waals surface area (Å²) in [5.41, 5.74) is 2.23. The average molecular weight is 532 g/mol. The van der Waals surface area contributed by atoms with E-state index in [1.165, 1.54) is 0 Å². The predicted molar refractivity (Wildman–Crippen MR) is 132 cm³/mol. The number of carbonyl (C=O) groups excluding carboxylic acids is 2. The Kier molecular flexibility index (Phi) is 7.15. The summed E-state index contributed by atoms with van der Waals surface area (Å²) in [6.45, 7) is 4.31. The zero-order valence-electron chi connectivity index (χ0n) is 21.4. The molecule has 4 heterocycles. The van der Waals surface area contributed by atoms with Gasteiger partial charge in [-0.2, -0.15) is 23.4 Å². The van der Waals surface area contributed by atoms with Gasteiger partial charge in [-0.05, 0) is 56.2 Å². The molecule has 0 aromatic carbocycles. The second-order valence-corrected chi connectivity index (χ2v) is 10.6. The summed E-state index contributed by atoms with van der Waals surface area (Å²) < 4.78 is 42.9. The van der Waals surface area contributed by atoms with Crippen LogP contribution in [0.3, 0.4) is 0 Å². The third-order valence-electron chi connectivity index (χ3n) is 7.84. The number of fused-ring (bicyclic) bond motifs is 1. The molecule has 9 nitrogen and oxygen atoms in total. The first-order chi connectivity index (χ1) is 18.1. The average Bonchev–Trinajstić information content (AvgIpc) is 3.62.